The van der Waals surface area contributed by atoms with Crippen LogP contribution in [0.25, 0.3) is 0 Å². The summed E-state index contributed by atoms with van der Waals surface area (Å²) in [5.74, 6) is 1.29. The summed E-state index contributed by atoms with van der Waals surface area (Å²) in [5, 5.41) is 10.7. The van der Waals surface area contributed by atoms with Gasteiger partial charge in [0.25, 0.3) is 0 Å². The van der Waals surface area contributed by atoms with E-state index in [1.807, 2.05) is 54.6 Å². The first-order valence-corrected chi connectivity index (χ1v) is 12.8. The highest BCUT2D eigenvalue weighted by Crippen LogP contribution is 2.39. The van der Waals surface area contributed by atoms with Crippen molar-refractivity contribution in [3.8, 4) is 17.6 Å². The van der Waals surface area contributed by atoms with E-state index in [1.54, 1.807) is 24.7 Å². The van der Waals surface area contributed by atoms with E-state index in [4.69, 9.17) is 14.5 Å². The molecule has 6 heteroatoms. The lowest BCUT2D eigenvalue weighted by atomic mass is 10.0. The summed E-state index contributed by atoms with van der Waals surface area (Å²) in [6.45, 7) is 3.11. The van der Waals surface area contributed by atoms with Crippen LogP contribution in [-0.4, -0.2) is 24.8 Å². The Labute approximate surface area is 215 Å². The van der Waals surface area contributed by atoms with E-state index in [-0.39, 0.29) is 0 Å². The lowest BCUT2D eigenvalue weighted by Gasteiger charge is -2.26. The smallest absolute Gasteiger partial charge is 0.170 e. The van der Waals surface area contributed by atoms with Crippen molar-refractivity contribution < 1.29 is 9.47 Å². The van der Waals surface area contributed by atoms with Gasteiger partial charge >= 0.3 is 0 Å². The van der Waals surface area contributed by atoms with Crippen molar-refractivity contribution in [1.82, 2.24) is 4.90 Å². The number of thiophene rings is 1. The number of para-hydroxylation sites is 1. The molecule has 0 amide bonds. The summed E-state index contributed by atoms with van der Waals surface area (Å²) in [5.41, 5.74) is 5.03. The summed E-state index contributed by atoms with van der Waals surface area (Å²) in [6.07, 6.45) is 2.64. The lowest BCUT2D eigenvalue weighted by Crippen LogP contribution is -2.29. The number of hydrogen-bond donors (Lipinski definition) is 0. The van der Waals surface area contributed by atoms with Gasteiger partial charge < -0.3 is 9.47 Å². The maximum Gasteiger partial charge on any atom is 0.170 e. The molecule has 0 unspecified atom stereocenters. The molecule has 180 valence electrons. The average molecular weight is 494 g/mol. The van der Waals surface area contributed by atoms with Crippen molar-refractivity contribution in [1.29, 1.82) is 5.26 Å². The molecule has 2 heterocycles. The van der Waals surface area contributed by atoms with Crippen LogP contribution in [-0.2, 0) is 26.1 Å². The molecule has 4 aromatic rings. The van der Waals surface area contributed by atoms with Gasteiger partial charge in [0.15, 0.2) is 11.5 Å². The third-order valence-corrected chi connectivity index (χ3v) is 7.38. The maximum atomic E-state index is 9.93. The second-order valence-corrected chi connectivity index (χ2v) is 9.74. The molecule has 0 saturated heterocycles. The number of hydrogen-bond acceptors (Lipinski definition) is 6. The fourth-order valence-corrected chi connectivity index (χ4v) is 5.62. The van der Waals surface area contributed by atoms with Crippen molar-refractivity contribution in [3.05, 3.63) is 112 Å². The zero-order valence-corrected chi connectivity index (χ0v) is 21.0. The molecule has 0 bridgehead atoms. The first-order chi connectivity index (χ1) is 17.7. The van der Waals surface area contributed by atoms with E-state index in [2.05, 4.69) is 35.2 Å². The molecular weight excluding hydrogens is 466 g/mol. The maximum absolute atomic E-state index is 9.93. The number of methoxy groups -OCH3 is 1. The summed E-state index contributed by atoms with van der Waals surface area (Å²) in [4.78, 5) is 8.43. The average Bonchev–Trinajstić information content (AvgIpc) is 3.28. The van der Waals surface area contributed by atoms with Crippen molar-refractivity contribution in [2.75, 3.05) is 13.7 Å². The Kier molecular flexibility index (Phi) is 7.41. The third kappa shape index (κ3) is 5.33. The molecule has 0 aliphatic carbocycles. The fourth-order valence-electron chi connectivity index (χ4n) is 4.43. The van der Waals surface area contributed by atoms with E-state index in [1.165, 1.54) is 10.4 Å². The molecule has 0 saturated carbocycles. The highest BCUT2D eigenvalue weighted by Gasteiger charge is 2.24. The molecular formula is C30H27N3O2S. The van der Waals surface area contributed by atoms with Crippen LogP contribution in [0.3, 0.4) is 0 Å². The normalized spacial score (nSPS) is 13.3. The Balaban J connectivity index is 1.37. The predicted molar refractivity (Wildman–Crippen MR) is 144 cm³/mol. The minimum Gasteiger partial charge on any atom is -0.493 e. The van der Waals surface area contributed by atoms with Crippen LogP contribution < -0.4 is 9.47 Å². The Morgan fingerprint density at radius 3 is 2.47 bits per heavy atom. The molecule has 1 aromatic heterocycles. The second-order valence-electron chi connectivity index (χ2n) is 8.65. The van der Waals surface area contributed by atoms with Crippen molar-refractivity contribution in [3.63, 3.8) is 0 Å². The number of fused-ring (bicyclic) bond motifs is 1. The van der Waals surface area contributed by atoms with Crippen LogP contribution >= 0.6 is 11.3 Å². The van der Waals surface area contributed by atoms with Gasteiger partial charge in [0, 0.05) is 36.3 Å². The lowest BCUT2D eigenvalue weighted by molar-refractivity contribution is 0.249. The first kappa shape index (κ1) is 23.8. The van der Waals surface area contributed by atoms with E-state index in [9.17, 15) is 5.26 Å². The molecule has 0 fully saturated rings. The van der Waals surface area contributed by atoms with Crippen molar-refractivity contribution in [2.24, 2.45) is 4.99 Å². The van der Waals surface area contributed by atoms with Crippen LogP contribution in [0.5, 0.6) is 11.5 Å². The number of ether oxygens (including phenoxy) is 2. The van der Waals surface area contributed by atoms with Gasteiger partial charge in [-0.3, -0.25) is 4.90 Å². The van der Waals surface area contributed by atoms with Gasteiger partial charge in [0.05, 0.1) is 12.7 Å². The summed E-state index contributed by atoms with van der Waals surface area (Å²) in [6, 6.07) is 28.7. The Hall–Kier alpha value is -3.92. The van der Waals surface area contributed by atoms with Crippen LogP contribution in [0, 0.1) is 11.3 Å². The minimum absolute atomic E-state index is 0.427. The minimum atomic E-state index is 0.427. The highest BCUT2D eigenvalue weighted by molar-refractivity contribution is 7.16. The van der Waals surface area contributed by atoms with Gasteiger partial charge in [-0.1, -0.05) is 66.7 Å². The molecule has 5 nitrogen and oxygen atoms in total. The number of rotatable bonds is 8. The van der Waals surface area contributed by atoms with Crippen LogP contribution in [0.4, 0.5) is 5.00 Å². The van der Waals surface area contributed by atoms with Gasteiger partial charge in [-0.25, -0.2) is 4.99 Å². The second kappa shape index (κ2) is 11.2. The number of aliphatic imine (C=N–C) groups is 1. The summed E-state index contributed by atoms with van der Waals surface area (Å²) in [7, 11) is 1.63. The molecule has 36 heavy (non-hydrogen) atoms. The number of benzene rings is 3. The van der Waals surface area contributed by atoms with Gasteiger partial charge in [0.2, 0.25) is 0 Å². The van der Waals surface area contributed by atoms with Crippen molar-refractivity contribution >= 4 is 22.6 Å². The fraction of sp³-hybridized carbons (Fsp3) is 0.200. The predicted octanol–water partition coefficient (Wildman–Crippen LogP) is 6.52. The Morgan fingerprint density at radius 1 is 1.00 bits per heavy atom. The zero-order chi connectivity index (χ0) is 24.7. The first-order valence-electron chi connectivity index (χ1n) is 11.9. The topological polar surface area (TPSA) is 57.8 Å². The van der Waals surface area contributed by atoms with Crippen LogP contribution in [0.15, 0.2) is 83.9 Å². The molecule has 0 atom stereocenters. The van der Waals surface area contributed by atoms with Gasteiger partial charge in [-0.2, -0.15) is 5.26 Å². The SMILES string of the molecule is COc1cccc(C=Nc2sc3c(c2C#N)CCN(Cc2ccccc2)C3)c1OCc1ccccc1. The largest absolute Gasteiger partial charge is 0.493 e. The highest BCUT2D eigenvalue weighted by atomic mass is 32.1. The molecule has 0 radical (unpaired) electrons. The van der Waals surface area contributed by atoms with Crippen molar-refractivity contribution in [2.45, 2.75) is 26.1 Å². The molecule has 0 spiro atoms. The summed E-state index contributed by atoms with van der Waals surface area (Å²) < 4.78 is 11.7. The Morgan fingerprint density at radius 2 is 1.75 bits per heavy atom. The Bertz CT molecular complexity index is 1390. The van der Waals surface area contributed by atoms with Gasteiger partial charge in [-0.05, 0) is 35.2 Å². The van der Waals surface area contributed by atoms with E-state index >= 15 is 0 Å². The summed E-state index contributed by atoms with van der Waals surface area (Å²) >= 11 is 1.61. The van der Waals surface area contributed by atoms with Gasteiger partial charge in [0.1, 0.15) is 17.7 Å². The number of nitrogens with zero attached hydrogens (tertiary/aromatic N) is 3. The molecule has 1 aliphatic rings. The number of nitriles is 1. The third-order valence-electron chi connectivity index (χ3n) is 6.25. The zero-order valence-electron chi connectivity index (χ0n) is 20.2. The monoisotopic (exact) mass is 493 g/mol. The quantitative estimate of drug-likeness (QED) is 0.262. The van der Waals surface area contributed by atoms with E-state index < -0.39 is 0 Å². The molecule has 1 aliphatic heterocycles. The molecule has 0 N–H and O–H groups in total. The van der Waals surface area contributed by atoms with Gasteiger partial charge in [-0.15, -0.1) is 11.3 Å². The van der Waals surface area contributed by atoms with Crippen LogP contribution in [0.2, 0.25) is 0 Å². The van der Waals surface area contributed by atoms with Crippen LogP contribution in [0.1, 0.15) is 32.7 Å². The van der Waals surface area contributed by atoms with E-state index in [0.29, 0.717) is 23.7 Å². The molecule has 3 aromatic carbocycles. The molecule has 5 rings (SSSR count). The standard InChI is InChI=1S/C30H27N3O2S/c1-34-27-14-8-13-24(29(27)35-21-23-11-6-3-7-12-23)18-32-30-26(17-31)25-15-16-33(20-28(25)36-30)19-22-9-4-2-5-10-22/h2-14,18H,15-16,19-21H2,1H3. The van der Waals surface area contributed by atoms with E-state index in [0.717, 1.165) is 47.7 Å².